The predicted molar refractivity (Wildman–Crippen MR) is 111 cm³/mol. The SMILES string of the molecule is ClCc1ccccc1-c1ccc(CN2CCC(c3ccccc3)C2)cc1. The second-order valence-corrected chi connectivity index (χ2v) is 7.39. The van der Waals surface area contributed by atoms with Crippen LogP contribution >= 0.6 is 11.6 Å². The number of alkyl halides is 1. The molecule has 3 aromatic carbocycles. The summed E-state index contributed by atoms with van der Waals surface area (Å²) in [6.07, 6.45) is 1.26. The third-order valence-electron chi connectivity index (χ3n) is 5.38. The number of hydrogen-bond donors (Lipinski definition) is 0. The number of hydrogen-bond acceptors (Lipinski definition) is 1. The van der Waals surface area contributed by atoms with E-state index in [9.17, 15) is 0 Å². The summed E-state index contributed by atoms with van der Waals surface area (Å²) in [4.78, 5) is 2.57. The van der Waals surface area contributed by atoms with Crippen LogP contribution in [0, 0.1) is 0 Å². The van der Waals surface area contributed by atoms with Crippen LogP contribution in [0.2, 0.25) is 0 Å². The lowest BCUT2D eigenvalue weighted by molar-refractivity contribution is 0.327. The van der Waals surface area contributed by atoms with Gasteiger partial charge in [-0.1, -0.05) is 78.9 Å². The van der Waals surface area contributed by atoms with Gasteiger partial charge < -0.3 is 0 Å². The van der Waals surface area contributed by atoms with Gasteiger partial charge in [-0.3, -0.25) is 4.90 Å². The Kier molecular flexibility index (Phi) is 5.38. The lowest BCUT2D eigenvalue weighted by Crippen LogP contribution is -2.19. The Morgan fingerprint density at radius 2 is 1.58 bits per heavy atom. The Hall–Kier alpha value is -2.09. The molecular weight excluding hydrogens is 338 g/mol. The molecule has 0 aliphatic carbocycles. The first-order chi connectivity index (χ1) is 12.8. The molecule has 1 unspecified atom stereocenters. The molecule has 3 aromatic rings. The van der Waals surface area contributed by atoms with Crippen molar-refractivity contribution in [3.8, 4) is 11.1 Å². The topological polar surface area (TPSA) is 3.24 Å². The second kappa shape index (κ2) is 8.07. The highest BCUT2D eigenvalue weighted by molar-refractivity contribution is 6.17. The Bertz CT molecular complexity index is 842. The molecule has 4 rings (SSSR count). The van der Waals surface area contributed by atoms with E-state index in [1.54, 1.807) is 0 Å². The van der Waals surface area contributed by atoms with Crippen LogP contribution in [0.5, 0.6) is 0 Å². The number of nitrogens with zero attached hydrogens (tertiary/aromatic N) is 1. The minimum Gasteiger partial charge on any atom is -0.298 e. The average molecular weight is 362 g/mol. The lowest BCUT2D eigenvalue weighted by atomic mass is 9.98. The number of likely N-dealkylation sites (tertiary alicyclic amines) is 1. The molecule has 0 N–H and O–H groups in total. The van der Waals surface area contributed by atoms with E-state index in [-0.39, 0.29) is 0 Å². The molecule has 0 amide bonds. The molecule has 0 radical (unpaired) electrons. The van der Waals surface area contributed by atoms with E-state index >= 15 is 0 Å². The van der Waals surface area contributed by atoms with Crippen LogP contribution in [-0.2, 0) is 12.4 Å². The molecule has 1 saturated heterocycles. The normalized spacial score (nSPS) is 17.5. The molecule has 0 saturated carbocycles. The van der Waals surface area contributed by atoms with E-state index in [1.165, 1.54) is 40.8 Å². The third-order valence-corrected chi connectivity index (χ3v) is 5.66. The van der Waals surface area contributed by atoms with Crippen molar-refractivity contribution < 1.29 is 0 Å². The Morgan fingerprint density at radius 1 is 0.846 bits per heavy atom. The summed E-state index contributed by atoms with van der Waals surface area (Å²) in [5.41, 5.74) is 6.52. The minimum absolute atomic E-state index is 0.548. The summed E-state index contributed by atoms with van der Waals surface area (Å²) in [6, 6.07) is 28.3. The van der Waals surface area contributed by atoms with Crippen LogP contribution in [0.4, 0.5) is 0 Å². The van der Waals surface area contributed by atoms with Gasteiger partial charge >= 0.3 is 0 Å². The van der Waals surface area contributed by atoms with Gasteiger partial charge in [-0.2, -0.15) is 0 Å². The first kappa shape index (κ1) is 17.3. The van der Waals surface area contributed by atoms with Gasteiger partial charge in [-0.05, 0) is 46.7 Å². The Labute approximate surface area is 161 Å². The molecule has 0 spiro atoms. The van der Waals surface area contributed by atoms with Gasteiger partial charge in [0, 0.05) is 19.0 Å². The van der Waals surface area contributed by atoms with Crippen LogP contribution in [0.1, 0.15) is 29.0 Å². The highest BCUT2D eigenvalue weighted by Gasteiger charge is 2.23. The minimum atomic E-state index is 0.548. The largest absolute Gasteiger partial charge is 0.298 e. The van der Waals surface area contributed by atoms with Crippen molar-refractivity contribution in [3.05, 3.63) is 95.6 Å². The molecule has 1 atom stereocenters. The fraction of sp³-hybridized carbons (Fsp3) is 0.250. The van der Waals surface area contributed by atoms with Crippen LogP contribution in [0.3, 0.4) is 0 Å². The first-order valence-corrected chi connectivity index (χ1v) is 9.87. The summed E-state index contributed by atoms with van der Waals surface area (Å²) in [5, 5.41) is 0. The summed E-state index contributed by atoms with van der Waals surface area (Å²) in [6.45, 7) is 3.36. The van der Waals surface area contributed by atoms with Gasteiger partial charge in [0.15, 0.2) is 0 Å². The molecule has 1 heterocycles. The number of halogens is 1. The first-order valence-electron chi connectivity index (χ1n) is 9.34. The predicted octanol–water partition coefficient (Wildman–Crippen LogP) is 6.08. The van der Waals surface area contributed by atoms with Crippen LogP contribution < -0.4 is 0 Å². The quantitative estimate of drug-likeness (QED) is 0.497. The maximum absolute atomic E-state index is 6.08. The molecular formula is C24H24ClN. The standard InChI is InChI=1S/C24H24ClN/c25-16-22-8-4-5-9-24(22)21-12-10-19(11-13-21)17-26-15-14-23(18-26)20-6-2-1-3-7-20/h1-13,23H,14-18H2. The molecule has 1 fully saturated rings. The smallest absolute Gasteiger partial charge is 0.0480 e. The second-order valence-electron chi connectivity index (χ2n) is 7.12. The van der Waals surface area contributed by atoms with E-state index in [0.717, 1.165) is 13.1 Å². The highest BCUT2D eigenvalue weighted by Crippen LogP contribution is 2.29. The Balaban J connectivity index is 1.42. The number of rotatable bonds is 5. The van der Waals surface area contributed by atoms with Gasteiger partial charge in [0.05, 0.1) is 0 Å². The van der Waals surface area contributed by atoms with E-state index in [0.29, 0.717) is 11.8 Å². The fourth-order valence-corrected chi connectivity index (χ4v) is 4.17. The summed E-state index contributed by atoms with van der Waals surface area (Å²) in [7, 11) is 0. The summed E-state index contributed by atoms with van der Waals surface area (Å²) >= 11 is 6.08. The van der Waals surface area contributed by atoms with E-state index in [4.69, 9.17) is 11.6 Å². The molecule has 0 bridgehead atoms. The lowest BCUT2D eigenvalue weighted by Gasteiger charge is -2.17. The highest BCUT2D eigenvalue weighted by atomic mass is 35.5. The molecule has 1 nitrogen and oxygen atoms in total. The van der Waals surface area contributed by atoms with Gasteiger partial charge in [0.2, 0.25) is 0 Å². The van der Waals surface area contributed by atoms with Crippen molar-refractivity contribution in [1.29, 1.82) is 0 Å². The maximum Gasteiger partial charge on any atom is 0.0480 e. The van der Waals surface area contributed by atoms with Crippen molar-refractivity contribution in [2.24, 2.45) is 0 Å². The van der Waals surface area contributed by atoms with Crippen LogP contribution in [0.15, 0.2) is 78.9 Å². The molecule has 132 valence electrons. The van der Waals surface area contributed by atoms with Gasteiger partial charge in [0.1, 0.15) is 0 Å². The third kappa shape index (κ3) is 3.85. The maximum atomic E-state index is 6.08. The van der Waals surface area contributed by atoms with Crippen LogP contribution in [-0.4, -0.2) is 18.0 Å². The number of benzene rings is 3. The molecule has 26 heavy (non-hydrogen) atoms. The average Bonchev–Trinajstić information content (AvgIpc) is 3.18. The zero-order valence-corrected chi connectivity index (χ0v) is 15.7. The van der Waals surface area contributed by atoms with Gasteiger partial charge in [0.25, 0.3) is 0 Å². The van der Waals surface area contributed by atoms with Crippen molar-refractivity contribution in [2.45, 2.75) is 24.8 Å². The zero-order valence-electron chi connectivity index (χ0n) is 14.9. The zero-order chi connectivity index (χ0) is 17.8. The van der Waals surface area contributed by atoms with Crippen molar-refractivity contribution in [2.75, 3.05) is 13.1 Å². The van der Waals surface area contributed by atoms with Crippen molar-refractivity contribution in [1.82, 2.24) is 4.90 Å². The monoisotopic (exact) mass is 361 g/mol. The summed E-state index contributed by atoms with van der Waals surface area (Å²) in [5.74, 6) is 1.22. The fourth-order valence-electron chi connectivity index (χ4n) is 3.94. The van der Waals surface area contributed by atoms with E-state index in [2.05, 4.69) is 77.7 Å². The molecule has 0 aromatic heterocycles. The van der Waals surface area contributed by atoms with Crippen molar-refractivity contribution >= 4 is 11.6 Å². The van der Waals surface area contributed by atoms with E-state index < -0.39 is 0 Å². The van der Waals surface area contributed by atoms with Gasteiger partial charge in [-0.25, -0.2) is 0 Å². The molecule has 1 aliphatic heterocycles. The Morgan fingerprint density at radius 3 is 2.35 bits per heavy atom. The molecule has 2 heteroatoms. The van der Waals surface area contributed by atoms with Crippen LogP contribution in [0.25, 0.3) is 11.1 Å². The van der Waals surface area contributed by atoms with Gasteiger partial charge in [-0.15, -0.1) is 11.6 Å². The van der Waals surface area contributed by atoms with E-state index in [1.807, 2.05) is 6.07 Å². The summed E-state index contributed by atoms with van der Waals surface area (Å²) < 4.78 is 0. The molecule has 1 aliphatic rings. The van der Waals surface area contributed by atoms with Crippen molar-refractivity contribution in [3.63, 3.8) is 0 Å².